The van der Waals surface area contributed by atoms with E-state index in [1.807, 2.05) is 79.1 Å². The Morgan fingerprint density at radius 1 is 1.04 bits per heavy atom. The highest BCUT2D eigenvalue weighted by molar-refractivity contribution is 7.98. The average molecular weight is 363 g/mol. The normalized spacial score (nSPS) is 11.7. The van der Waals surface area contributed by atoms with Gasteiger partial charge in [0, 0.05) is 16.8 Å². The number of aromatic nitrogens is 1. The van der Waals surface area contributed by atoms with Crippen molar-refractivity contribution in [2.24, 2.45) is 0 Å². The van der Waals surface area contributed by atoms with Crippen LogP contribution in [0.25, 0.3) is 0 Å². The molecule has 3 rings (SSSR count). The number of carbonyl (C=O) groups is 1. The maximum Gasteiger partial charge on any atom is 0.238 e. The van der Waals surface area contributed by atoms with E-state index in [1.165, 1.54) is 0 Å². The van der Waals surface area contributed by atoms with Gasteiger partial charge < -0.3 is 5.32 Å². The molecule has 3 aromatic rings. The van der Waals surface area contributed by atoms with Gasteiger partial charge in [0.25, 0.3) is 0 Å². The second-order valence-electron chi connectivity index (χ2n) is 5.76. The Bertz CT molecular complexity index is 801. The van der Waals surface area contributed by atoms with Gasteiger partial charge in [0.1, 0.15) is 0 Å². The van der Waals surface area contributed by atoms with Crippen molar-refractivity contribution >= 4 is 23.4 Å². The van der Waals surface area contributed by atoms with Gasteiger partial charge in [0.2, 0.25) is 5.91 Å². The highest BCUT2D eigenvalue weighted by atomic mass is 32.2. The van der Waals surface area contributed by atoms with Gasteiger partial charge in [-0.3, -0.25) is 15.1 Å². The Kier molecular flexibility index (Phi) is 6.41. The van der Waals surface area contributed by atoms with Crippen LogP contribution in [0.15, 0.2) is 83.9 Å². The molecular formula is C21H21N3OS. The maximum absolute atomic E-state index is 12.4. The molecular weight excluding hydrogens is 342 g/mol. The number of hydrogen-bond acceptors (Lipinski definition) is 4. The van der Waals surface area contributed by atoms with Crippen molar-refractivity contribution in [1.29, 1.82) is 0 Å². The van der Waals surface area contributed by atoms with Crippen molar-refractivity contribution in [1.82, 2.24) is 10.3 Å². The van der Waals surface area contributed by atoms with Crippen LogP contribution >= 0.6 is 11.8 Å². The van der Waals surface area contributed by atoms with Crippen LogP contribution in [0, 0.1) is 0 Å². The highest BCUT2D eigenvalue weighted by Crippen LogP contribution is 2.20. The third-order valence-corrected chi connectivity index (χ3v) is 4.66. The maximum atomic E-state index is 12.4. The zero-order chi connectivity index (χ0) is 18.2. The Balaban J connectivity index is 1.68. The quantitative estimate of drug-likeness (QED) is 0.620. The molecule has 2 N–H and O–H groups in total. The number of nitrogens with one attached hydrogen (secondary N) is 2. The number of thioether (sulfide) groups is 1. The van der Waals surface area contributed by atoms with Crippen molar-refractivity contribution in [3.05, 3.63) is 90.3 Å². The molecule has 2 aromatic carbocycles. The van der Waals surface area contributed by atoms with Crippen molar-refractivity contribution in [2.75, 3.05) is 18.1 Å². The van der Waals surface area contributed by atoms with Gasteiger partial charge in [-0.2, -0.15) is 0 Å². The SMILES string of the molecule is CSc1cccc(NC(=O)CNC(c2ccccc2)c2ccccn2)c1. The highest BCUT2D eigenvalue weighted by Gasteiger charge is 2.16. The molecule has 26 heavy (non-hydrogen) atoms. The summed E-state index contributed by atoms with van der Waals surface area (Å²) in [6.45, 7) is 0.194. The first-order valence-electron chi connectivity index (χ1n) is 8.39. The summed E-state index contributed by atoms with van der Waals surface area (Å²) in [6.07, 6.45) is 3.78. The molecule has 0 spiro atoms. The van der Waals surface area contributed by atoms with E-state index < -0.39 is 0 Å². The molecule has 0 aliphatic carbocycles. The molecule has 0 saturated heterocycles. The molecule has 1 amide bonds. The predicted octanol–water partition coefficient (Wildman–Crippen LogP) is 4.12. The van der Waals surface area contributed by atoms with Crippen molar-refractivity contribution in [3.8, 4) is 0 Å². The number of amides is 1. The number of rotatable bonds is 7. The van der Waals surface area contributed by atoms with Gasteiger partial charge in [-0.25, -0.2) is 0 Å². The van der Waals surface area contributed by atoms with Gasteiger partial charge in [0.15, 0.2) is 0 Å². The third kappa shape index (κ3) is 4.94. The number of pyridine rings is 1. The molecule has 0 bridgehead atoms. The zero-order valence-electron chi connectivity index (χ0n) is 14.6. The lowest BCUT2D eigenvalue weighted by Crippen LogP contribution is -2.32. The van der Waals surface area contributed by atoms with Crippen LogP contribution in [0.2, 0.25) is 0 Å². The Morgan fingerprint density at radius 3 is 2.58 bits per heavy atom. The van der Waals surface area contributed by atoms with Gasteiger partial charge in [-0.15, -0.1) is 11.8 Å². The fourth-order valence-corrected chi connectivity index (χ4v) is 3.15. The van der Waals surface area contributed by atoms with E-state index in [0.29, 0.717) is 0 Å². The predicted molar refractivity (Wildman–Crippen MR) is 107 cm³/mol. The van der Waals surface area contributed by atoms with Crippen LogP contribution < -0.4 is 10.6 Å². The minimum absolute atomic E-state index is 0.0832. The molecule has 5 heteroatoms. The number of anilines is 1. The molecule has 0 saturated carbocycles. The van der Waals surface area contributed by atoms with Crippen LogP contribution in [0.3, 0.4) is 0 Å². The minimum atomic E-state index is -0.138. The number of benzene rings is 2. The lowest BCUT2D eigenvalue weighted by Gasteiger charge is -2.18. The molecule has 1 heterocycles. The summed E-state index contributed by atoms with van der Waals surface area (Å²) in [5, 5.41) is 6.26. The van der Waals surface area contributed by atoms with Crippen LogP contribution in [0.4, 0.5) is 5.69 Å². The zero-order valence-corrected chi connectivity index (χ0v) is 15.4. The third-order valence-electron chi connectivity index (χ3n) is 3.94. The Hall–Kier alpha value is -2.63. The van der Waals surface area contributed by atoms with E-state index in [1.54, 1.807) is 18.0 Å². The molecule has 0 aliphatic rings. The largest absolute Gasteiger partial charge is 0.325 e. The fraction of sp³-hybridized carbons (Fsp3) is 0.143. The molecule has 1 aromatic heterocycles. The van der Waals surface area contributed by atoms with Gasteiger partial charge >= 0.3 is 0 Å². The molecule has 4 nitrogen and oxygen atoms in total. The fourth-order valence-electron chi connectivity index (χ4n) is 2.69. The van der Waals surface area contributed by atoms with Gasteiger partial charge in [-0.1, -0.05) is 42.5 Å². The van der Waals surface area contributed by atoms with Crippen LogP contribution in [0.1, 0.15) is 17.3 Å². The van der Waals surface area contributed by atoms with E-state index in [-0.39, 0.29) is 18.5 Å². The summed E-state index contributed by atoms with van der Waals surface area (Å²) in [4.78, 5) is 17.9. The van der Waals surface area contributed by atoms with E-state index in [0.717, 1.165) is 21.8 Å². The molecule has 0 aliphatic heterocycles. The van der Waals surface area contributed by atoms with E-state index in [2.05, 4.69) is 15.6 Å². The topological polar surface area (TPSA) is 54.0 Å². The number of nitrogens with zero attached hydrogens (tertiary/aromatic N) is 1. The summed E-state index contributed by atoms with van der Waals surface area (Å²) in [5.41, 5.74) is 2.76. The van der Waals surface area contributed by atoms with Crippen molar-refractivity contribution in [3.63, 3.8) is 0 Å². The molecule has 1 atom stereocenters. The van der Waals surface area contributed by atoms with Crippen LogP contribution in [0.5, 0.6) is 0 Å². The Morgan fingerprint density at radius 2 is 1.85 bits per heavy atom. The minimum Gasteiger partial charge on any atom is -0.325 e. The number of hydrogen-bond donors (Lipinski definition) is 2. The molecule has 132 valence electrons. The van der Waals surface area contributed by atoms with Gasteiger partial charge in [0.05, 0.1) is 18.3 Å². The monoisotopic (exact) mass is 363 g/mol. The lowest BCUT2D eigenvalue weighted by atomic mass is 10.0. The lowest BCUT2D eigenvalue weighted by molar-refractivity contribution is -0.115. The van der Waals surface area contributed by atoms with E-state index in [9.17, 15) is 4.79 Å². The van der Waals surface area contributed by atoms with Crippen molar-refractivity contribution in [2.45, 2.75) is 10.9 Å². The summed E-state index contributed by atoms with van der Waals surface area (Å²) < 4.78 is 0. The Labute approximate surface area is 158 Å². The van der Waals surface area contributed by atoms with E-state index >= 15 is 0 Å². The van der Waals surface area contributed by atoms with Crippen molar-refractivity contribution < 1.29 is 4.79 Å². The smallest absolute Gasteiger partial charge is 0.238 e. The van der Waals surface area contributed by atoms with Crippen LogP contribution in [-0.2, 0) is 4.79 Å². The number of carbonyl (C=O) groups excluding carboxylic acids is 1. The summed E-state index contributed by atoms with van der Waals surface area (Å²) in [5.74, 6) is -0.0832. The molecule has 1 unspecified atom stereocenters. The first kappa shape index (κ1) is 18.2. The summed E-state index contributed by atoms with van der Waals surface area (Å²) in [6, 6.07) is 23.5. The van der Waals surface area contributed by atoms with E-state index in [4.69, 9.17) is 0 Å². The molecule has 0 fully saturated rings. The second kappa shape index (κ2) is 9.17. The standard InChI is InChI=1S/C21H21N3OS/c1-26-18-11-7-10-17(14-18)24-20(25)15-23-21(16-8-3-2-4-9-16)19-12-5-6-13-22-19/h2-14,21,23H,15H2,1H3,(H,24,25). The first-order valence-corrected chi connectivity index (χ1v) is 9.62. The van der Waals surface area contributed by atoms with Gasteiger partial charge in [-0.05, 0) is 42.2 Å². The summed E-state index contributed by atoms with van der Waals surface area (Å²) >= 11 is 1.65. The summed E-state index contributed by atoms with van der Waals surface area (Å²) in [7, 11) is 0. The average Bonchev–Trinajstić information content (AvgIpc) is 2.70. The molecule has 0 radical (unpaired) electrons. The second-order valence-corrected chi connectivity index (χ2v) is 6.64. The van der Waals surface area contributed by atoms with Crippen LogP contribution in [-0.4, -0.2) is 23.7 Å². The first-order chi connectivity index (χ1) is 12.8.